The van der Waals surface area contributed by atoms with Crippen molar-refractivity contribution in [2.45, 2.75) is 26.7 Å². The summed E-state index contributed by atoms with van der Waals surface area (Å²) in [5.74, 6) is 0.228. The maximum atomic E-state index is 11.6. The predicted molar refractivity (Wildman–Crippen MR) is 63.7 cm³/mol. The lowest BCUT2D eigenvalue weighted by Gasteiger charge is -2.25. The molecule has 0 saturated carbocycles. The lowest BCUT2D eigenvalue weighted by atomic mass is 9.77. The van der Waals surface area contributed by atoms with E-state index in [-0.39, 0.29) is 11.2 Å². The Kier molecular flexibility index (Phi) is 3.84. The number of hydrogen-bond acceptors (Lipinski definition) is 1. The second-order valence-corrected chi connectivity index (χ2v) is 4.27. The van der Waals surface area contributed by atoms with E-state index in [1.54, 1.807) is 6.92 Å². The Morgan fingerprint density at radius 1 is 1.40 bits per heavy atom. The molecule has 0 spiro atoms. The molecule has 0 aliphatic carbocycles. The van der Waals surface area contributed by atoms with Gasteiger partial charge in [0.2, 0.25) is 0 Å². The van der Waals surface area contributed by atoms with E-state index in [1.807, 2.05) is 31.2 Å². The lowest BCUT2D eigenvalue weighted by Crippen LogP contribution is -2.27. The summed E-state index contributed by atoms with van der Waals surface area (Å²) >= 11 is 0. The Bertz CT molecular complexity index is 340. The first kappa shape index (κ1) is 11.7. The fourth-order valence-electron chi connectivity index (χ4n) is 1.71. The van der Waals surface area contributed by atoms with Crippen LogP contribution in [-0.4, -0.2) is 5.78 Å². The molecule has 15 heavy (non-hydrogen) atoms. The second-order valence-electron chi connectivity index (χ2n) is 4.27. The quantitative estimate of drug-likeness (QED) is 0.669. The van der Waals surface area contributed by atoms with E-state index in [4.69, 9.17) is 0 Å². The van der Waals surface area contributed by atoms with Gasteiger partial charge in [-0.3, -0.25) is 4.79 Å². The Morgan fingerprint density at radius 2 is 2.00 bits per heavy atom. The highest BCUT2D eigenvalue weighted by Crippen LogP contribution is 2.28. The summed E-state index contributed by atoms with van der Waals surface area (Å²) in [6, 6.07) is 10.1. The zero-order valence-corrected chi connectivity index (χ0v) is 9.49. The van der Waals surface area contributed by atoms with E-state index < -0.39 is 0 Å². The summed E-state index contributed by atoms with van der Waals surface area (Å²) < 4.78 is 0. The Balaban J connectivity index is 2.84. The van der Waals surface area contributed by atoms with E-state index in [0.717, 1.165) is 12.8 Å². The molecule has 1 nitrogen and oxygen atoms in total. The molecule has 0 saturated heterocycles. The second kappa shape index (κ2) is 4.92. The molecule has 1 atom stereocenters. The van der Waals surface area contributed by atoms with Gasteiger partial charge in [0.15, 0.2) is 0 Å². The van der Waals surface area contributed by atoms with Crippen LogP contribution in [0, 0.1) is 5.41 Å². The number of rotatable bonds is 5. The summed E-state index contributed by atoms with van der Waals surface area (Å²) in [5.41, 5.74) is 0.903. The van der Waals surface area contributed by atoms with Gasteiger partial charge in [0.05, 0.1) is 0 Å². The number of hydrogen-bond donors (Lipinski definition) is 0. The van der Waals surface area contributed by atoms with Gasteiger partial charge in [0.25, 0.3) is 0 Å². The van der Waals surface area contributed by atoms with Crippen LogP contribution in [0.4, 0.5) is 0 Å². The van der Waals surface area contributed by atoms with Crippen LogP contribution in [-0.2, 0) is 11.2 Å². The zero-order valence-electron chi connectivity index (χ0n) is 9.49. The molecule has 0 aliphatic rings. The van der Waals surface area contributed by atoms with Gasteiger partial charge in [-0.2, -0.15) is 0 Å². The molecule has 0 aromatic heterocycles. The largest absolute Gasteiger partial charge is 0.299 e. The number of carbonyl (C=O) groups is 1. The van der Waals surface area contributed by atoms with Crippen molar-refractivity contribution in [3.8, 4) is 0 Å². The lowest BCUT2D eigenvalue weighted by molar-refractivity contribution is -0.125. The monoisotopic (exact) mass is 202 g/mol. The van der Waals surface area contributed by atoms with Crippen molar-refractivity contribution in [3.05, 3.63) is 48.6 Å². The minimum Gasteiger partial charge on any atom is -0.299 e. The maximum Gasteiger partial charge on any atom is 0.136 e. The van der Waals surface area contributed by atoms with Crippen molar-refractivity contribution in [2.75, 3.05) is 0 Å². The van der Waals surface area contributed by atoms with Gasteiger partial charge in [0, 0.05) is 5.41 Å². The van der Waals surface area contributed by atoms with Crippen molar-refractivity contribution in [1.82, 2.24) is 0 Å². The molecule has 0 N–H and O–H groups in total. The molecule has 1 rings (SSSR count). The van der Waals surface area contributed by atoms with Gasteiger partial charge in [-0.15, -0.1) is 6.58 Å². The molecular formula is C14H18O. The molecule has 1 unspecified atom stereocenters. The fourth-order valence-corrected chi connectivity index (χ4v) is 1.71. The first-order valence-corrected chi connectivity index (χ1v) is 5.24. The Hall–Kier alpha value is -1.37. The summed E-state index contributed by atoms with van der Waals surface area (Å²) in [4.78, 5) is 11.6. The van der Waals surface area contributed by atoms with E-state index in [2.05, 4.69) is 18.7 Å². The Morgan fingerprint density at radius 3 is 2.47 bits per heavy atom. The third kappa shape index (κ3) is 3.05. The van der Waals surface area contributed by atoms with Crippen molar-refractivity contribution >= 4 is 5.78 Å². The molecule has 0 amide bonds. The number of carbonyl (C=O) groups excluding carboxylic acids is 1. The van der Waals surface area contributed by atoms with Crippen molar-refractivity contribution in [3.63, 3.8) is 0 Å². The van der Waals surface area contributed by atoms with Crippen molar-refractivity contribution in [2.24, 2.45) is 5.41 Å². The summed E-state index contributed by atoms with van der Waals surface area (Å²) in [5, 5.41) is 0. The van der Waals surface area contributed by atoms with Crippen LogP contribution in [0.25, 0.3) is 0 Å². The smallest absolute Gasteiger partial charge is 0.136 e. The highest BCUT2D eigenvalue weighted by Gasteiger charge is 2.28. The summed E-state index contributed by atoms with van der Waals surface area (Å²) in [6.07, 6.45) is 3.34. The van der Waals surface area contributed by atoms with Gasteiger partial charge in [0.1, 0.15) is 5.78 Å². The van der Waals surface area contributed by atoms with Gasteiger partial charge in [-0.05, 0) is 25.3 Å². The molecule has 0 aliphatic heterocycles. The van der Waals surface area contributed by atoms with Crippen LogP contribution in [0.3, 0.4) is 0 Å². The van der Waals surface area contributed by atoms with Crippen molar-refractivity contribution < 1.29 is 4.79 Å². The van der Waals surface area contributed by atoms with Gasteiger partial charge >= 0.3 is 0 Å². The number of allylic oxidation sites excluding steroid dienone is 1. The number of ketones is 1. The van der Waals surface area contributed by atoms with E-state index in [0.29, 0.717) is 0 Å². The third-order valence-electron chi connectivity index (χ3n) is 2.88. The average Bonchev–Trinajstić information content (AvgIpc) is 2.19. The predicted octanol–water partition coefficient (Wildman–Crippen LogP) is 3.40. The van der Waals surface area contributed by atoms with Crippen LogP contribution >= 0.6 is 0 Å². The normalized spacial score (nSPS) is 14.3. The minimum atomic E-state index is -0.302. The van der Waals surface area contributed by atoms with Crippen LogP contribution in [0.5, 0.6) is 0 Å². The topological polar surface area (TPSA) is 17.1 Å². The maximum absolute atomic E-state index is 11.6. The molecule has 0 radical (unpaired) electrons. The molecular weight excluding hydrogens is 184 g/mol. The number of benzene rings is 1. The molecule has 0 fully saturated rings. The van der Waals surface area contributed by atoms with Gasteiger partial charge < -0.3 is 0 Å². The van der Waals surface area contributed by atoms with Crippen molar-refractivity contribution in [1.29, 1.82) is 0 Å². The molecule has 0 bridgehead atoms. The van der Waals surface area contributed by atoms with E-state index in [9.17, 15) is 4.79 Å². The highest BCUT2D eigenvalue weighted by molar-refractivity contribution is 5.82. The molecule has 0 heterocycles. The summed E-state index contributed by atoms with van der Waals surface area (Å²) in [6.45, 7) is 7.38. The fraction of sp³-hybridized carbons (Fsp3) is 0.357. The van der Waals surface area contributed by atoms with E-state index in [1.165, 1.54) is 5.56 Å². The summed E-state index contributed by atoms with van der Waals surface area (Å²) in [7, 11) is 0. The van der Waals surface area contributed by atoms with Crippen LogP contribution in [0.1, 0.15) is 25.8 Å². The van der Waals surface area contributed by atoms with Crippen LogP contribution in [0.15, 0.2) is 43.0 Å². The first-order chi connectivity index (χ1) is 7.08. The average molecular weight is 202 g/mol. The molecule has 1 aromatic carbocycles. The molecule has 80 valence electrons. The Labute approximate surface area is 91.8 Å². The SMILES string of the molecule is C=CCC(C)(Cc1ccccc1)C(C)=O. The first-order valence-electron chi connectivity index (χ1n) is 5.24. The number of Topliss-reactive ketones (excluding diaryl/α,β-unsaturated/α-hetero) is 1. The van der Waals surface area contributed by atoms with Gasteiger partial charge in [-0.25, -0.2) is 0 Å². The van der Waals surface area contributed by atoms with Crippen LogP contribution in [0.2, 0.25) is 0 Å². The molecule has 1 aromatic rings. The highest BCUT2D eigenvalue weighted by atomic mass is 16.1. The minimum absolute atomic E-state index is 0.228. The van der Waals surface area contributed by atoms with Gasteiger partial charge in [-0.1, -0.05) is 43.3 Å². The van der Waals surface area contributed by atoms with E-state index >= 15 is 0 Å². The van der Waals surface area contributed by atoms with Crippen LogP contribution < -0.4 is 0 Å². The zero-order chi connectivity index (χ0) is 11.3. The standard InChI is InChI=1S/C14H18O/c1-4-10-14(3,12(2)15)11-13-8-6-5-7-9-13/h4-9H,1,10-11H2,2-3H3. The third-order valence-corrected chi connectivity index (χ3v) is 2.88. The molecule has 1 heteroatoms.